The Morgan fingerprint density at radius 1 is 1.56 bits per heavy atom. The Balaban J connectivity index is 3.24. The smallest absolute Gasteiger partial charge is 0.262 e. The van der Waals surface area contributed by atoms with Gasteiger partial charge >= 0.3 is 0 Å². The van der Waals surface area contributed by atoms with Gasteiger partial charge in [-0.1, -0.05) is 11.5 Å². The van der Waals surface area contributed by atoms with Crippen LogP contribution in [0.15, 0.2) is 12.1 Å². The Labute approximate surface area is 100 Å². The van der Waals surface area contributed by atoms with Crippen molar-refractivity contribution in [3.8, 4) is 11.5 Å². The topological polar surface area (TPSA) is 47.6 Å². The van der Waals surface area contributed by atoms with E-state index in [1.807, 2.05) is 0 Å². The van der Waals surface area contributed by atoms with Gasteiger partial charge < -0.3 is 14.8 Å². The van der Waals surface area contributed by atoms with Crippen molar-refractivity contribution in [2.24, 2.45) is 0 Å². The second kappa shape index (κ2) is 5.51. The molecule has 0 atom stereocenters. The highest BCUT2D eigenvalue weighted by atomic mass is 32.1. The quantitative estimate of drug-likeness (QED) is 0.460. The molecular weight excluding hydrogens is 225 g/mol. The minimum atomic E-state index is 0.131. The molecule has 0 aromatic heterocycles. The van der Waals surface area contributed by atoms with Gasteiger partial charge in [0.05, 0.1) is 12.7 Å². The molecule has 0 heterocycles. The van der Waals surface area contributed by atoms with Gasteiger partial charge in [0.25, 0.3) is 5.17 Å². The maximum atomic E-state index is 10.9. The second-order valence-corrected chi connectivity index (χ2v) is 3.23. The van der Waals surface area contributed by atoms with Gasteiger partial charge in [0, 0.05) is 7.05 Å². The largest absolute Gasteiger partial charge is 0.493 e. The summed E-state index contributed by atoms with van der Waals surface area (Å²) in [5.41, 5.74) is 0.529. The zero-order chi connectivity index (χ0) is 12.1. The van der Waals surface area contributed by atoms with E-state index in [9.17, 15) is 4.79 Å². The van der Waals surface area contributed by atoms with E-state index in [4.69, 9.17) is 29.5 Å². The summed E-state index contributed by atoms with van der Waals surface area (Å²) >= 11 is 4.85. The first-order valence-corrected chi connectivity index (χ1v) is 4.86. The number of carbonyl (C=O) groups excluding carboxylic acids is 1. The van der Waals surface area contributed by atoms with Crippen LogP contribution in [0.2, 0.25) is 0 Å². The van der Waals surface area contributed by atoms with Gasteiger partial charge in [-0.3, -0.25) is 4.79 Å². The van der Waals surface area contributed by atoms with Gasteiger partial charge in [-0.25, -0.2) is 0 Å². The average Bonchev–Trinajstić information content (AvgIpc) is 2.29. The first-order chi connectivity index (χ1) is 7.63. The van der Waals surface area contributed by atoms with E-state index in [2.05, 4.69) is 5.32 Å². The molecule has 16 heavy (non-hydrogen) atoms. The number of thiocarbonyl (C=S) groups is 1. The molecule has 0 aliphatic rings. The van der Waals surface area contributed by atoms with Crippen molar-refractivity contribution in [3.63, 3.8) is 0 Å². The summed E-state index contributed by atoms with van der Waals surface area (Å²) in [6, 6.07) is 3.17. The number of ether oxygens (including phenoxy) is 2. The number of hydrogen-bond acceptors (Lipinski definition) is 4. The number of benzene rings is 1. The van der Waals surface area contributed by atoms with Crippen molar-refractivity contribution in [2.45, 2.75) is 0 Å². The van der Waals surface area contributed by atoms with Crippen LogP contribution in [-0.4, -0.2) is 33.5 Å². The van der Waals surface area contributed by atoms with Gasteiger partial charge in [0.15, 0.2) is 17.8 Å². The van der Waals surface area contributed by atoms with Gasteiger partial charge in [-0.05, 0) is 18.3 Å². The third kappa shape index (κ3) is 2.52. The Morgan fingerprint density at radius 2 is 2.25 bits per heavy atom. The summed E-state index contributed by atoms with van der Waals surface area (Å²) in [4.78, 5) is 10.9. The molecule has 0 aliphatic carbocycles. The van der Waals surface area contributed by atoms with Crippen molar-refractivity contribution < 1.29 is 14.3 Å². The van der Waals surface area contributed by atoms with E-state index < -0.39 is 0 Å². The Morgan fingerprint density at radius 3 is 2.75 bits per heavy atom. The molecule has 6 heteroatoms. The Hall–Kier alpha value is -1.56. The zero-order valence-electron chi connectivity index (χ0n) is 8.94. The first-order valence-electron chi connectivity index (χ1n) is 4.45. The van der Waals surface area contributed by atoms with Gasteiger partial charge in [-0.15, -0.1) is 0 Å². The summed E-state index contributed by atoms with van der Waals surface area (Å²) in [5.74, 6) is 0.616. The first kappa shape index (κ1) is 12.5. The highest BCUT2D eigenvalue weighted by Gasteiger charge is 2.14. The molecular formula is C10H10BNO3S. The second-order valence-electron chi connectivity index (χ2n) is 2.86. The standard InChI is InChI=1S/C10H10BNO3S/c1-12-10(16)15-9-6(5-13)7(11)3-4-8(9)14-2/h3-5H,1-2H3,(H,12,16). The van der Waals surface area contributed by atoms with E-state index in [-0.39, 0.29) is 16.5 Å². The predicted octanol–water partition coefficient (Wildman–Crippen LogP) is 0.185. The maximum absolute atomic E-state index is 10.9. The van der Waals surface area contributed by atoms with Crippen molar-refractivity contribution in [1.82, 2.24) is 5.32 Å². The van der Waals surface area contributed by atoms with Crippen molar-refractivity contribution in [2.75, 3.05) is 14.2 Å². The molecule has 1 aromatic carbocycles. The molecule has 2 radical (unpaired) electrons. The molecule has 4 nitrogen and oxygen atoms in total. The SMILES string of the molecule is [B]c1ccc(OC)c(OC(=S)NC)c1C=O. The number of carbonyl (C=O) groups is 1. The molecule has 1 aromatic rings. The molecule has 0 bridgehead atoms. The summed E-state index contributed by atoms with van der Waals surface area (Å²) in [5, 5.41) is 2.76. The highest BCUT2D eigenvalue weighted by molar-refractivity contribution is 7.80. The van der Waals surface area contributed by atoms with Gasteiger partial charge in [-0.2, -0.15) is 0 Å². The van der Waals surface area contributed by atoms with Crippen LogP contribution >= 0.6 is 12.2 Å². The maximum Gasteiger partial charge on any atom is 0.262 e. The van der Waals surface area contributed by atoms with Crippen molar-refractivity contribution in [3.05, 3.63) is 17.7 Å². The summed E-state index contributed by atoms with van der Waals surface area (Å²) < 4.78 is 10.3. The van der Waals surface area contributed by atoms with Gasteiger partial charge in [0.2, 0.25) is 0 Å². The highest BCUT2D eigenvalue weighted by Crippen LogP contribution is 2.28. The number of methoxy groups -OCH3 is 1. The summed E-state index contributed by atoms with van der Waals surface area (Å²) in [6.45, 7) is 0. The van der Waals surface area contributed by atoms with Crippen LogP contribution in [-0.2, 0) is 0 Å². The van der Waals surface area contributed by atoms with E-state index in [0.29, 0.717) is 17.5 Å². The number of rotatable bonds is 3. The molecule has 0 saturated heterocycles. The third-order valence-corrected chi connectivity index (χ3v) is 2.22. The van der Waals surface area contributed by atoms with Gasteiger partial charge in [0.1, 0.15) is 7.85 Å². The molecule has 0 amide bonds. The van der Waals surface area contributed by atoms with Crippen LogP contribution in [0, 0.1) is 0 Å². The molecule has 0 unspecified atom stereocenters. The van der Waals surface area contributed by atoms with E-state index in [0.717, 1.165) is 0 Å². The van der Waals surface area contributed by atoms with Crippen LogP contribution in [0.25, 0.3) is 0 Å². The molecule has 0 spiro atoms. The minimum Gasteiger partial charge on any atom is -0.493 e. The van der Waals surface area contributed by atoms with E-state index >= 15 is 0 Å². The number of aldehydes is 1. The lowest BCUT2D eigenvalue weighted by Crippen LogP contribution is -2.24. The fourth-order valence-corrected chi connectivity index (χ4v) is 1.21. The summed E-state index contributed by atoms with van der Waals surface area (Å²) in [7, 11) is 8.72. The molecule has 1 N–H and O–H groups in total. The van der Waals surface area contributed by atoms with Crippen LogP contribution in [0.3, 0.4) is 0 Å². The molecule has 0 aliphatic heterocycles. The zero-order valence-corrected chi connectivity index (χ0v) is 9.76. The lowest BCUT2D eigenvalue weighted by atomic mass is 9.90. The lowest BCUT2D eigenvalue weighted by Gasteiger charge is -2.14. The van der Waals surface area contributed by atoms with Crippen LogP contribution in [0.5, 0.6) is 11.5 Å². The Bertz CT molecular complexity index is 423. The monoisotopic (exact) mass is 235 g/mol. The summed E-state index contributed by atoms with van der Waals surface area (Å²) in [6.07, 6.45) is 0.603. The Kier molecular flexibility index (Phi) is 4.31. The van der Waals surface area contributed by atoms with E-state index in [1.165, 1.54) is 7.11 Å². The van der Waals surface area contributed by atoms with Crippen molar-refractivity contribution in [1.29, 1.82) is 0 Å². The average molecular weight is 235 g/mol. The minimum absolute atomic E-state index is 0.131. The molecule has 82 valence electrons. The lowest BCUT2D eigenvalue weighted by molar-refractivity contribution is 0.112. The third-order valence-electron chi connectivity index (χ3n) is 1.93. The molecule has 0 saturated carbocycles. The predicted molar refractivity (Wildman–Crippen MR) is 66.1 cm³/mol. The molecule has 0 fully saturated rings. The van der Waals surface area contributed by atoms with E-state index in [1.54, 1.807) is 19.2 Å². The van der Waals surface area contributed by atoms with Crippen LogP contribution in [0.1, 0.15) is 10.4 Å². The number of nitrogens with one attached hydrogen (secondary N) is 1. The normalized spacial score (nSPS) is 9.38. The molecule has 1 rings (SSSR count). The van der Waals surface area contributed by atoms with Crippen LogP contribution < -0.4 is 20.3 Å². The fraction of sp³-hybridized carbons (Fsp3) is 0.200. The fourth-order valence-electron chi connectivity index (χ4n) is 1.13. The van der Waals surface area contributed by atoms with Crippen molar-refractivity contribution >= 4 is 37.0 Å². The number of hydrogen-bond donors (Lipinski definition) is 1. The van der Waals surface area contributed by atoms with Crippen LogP contribution in [0.4, 0.5) is 0 Å².